The van der Waals surface area contributed by atoms with Gasteiger partial charge in [0.05, 0.1) is 0 Å². The molecule has 2 aromatic rings. The molecule has 0 saturated heterocycles. The predicted molar refractivity (Wildman–Crippen MR) is 86.5 cm³/mol. The fourth-order valence-corrected chi connectivity index (χ4v) is 1.82. The van der Waals surface area contributed by atoms with Crippen LogP contribution in [0.2, 0.25) is 0 Å². The third kappa shape index (κ3) is 6.66. The van der Waals surface area contributed by atoms with E-state index in [0.717, 1.165) is 30.3 Å². The summed E-state index contributed by atoms with van der Waals surface area (Å²) in [5.41, 5.74) is 1.47. The monoisotopic (exact) mass is 282 g/mol. The van der Waals surface area contributed by atoms with Gasteiger partial charge in [0, 0.05) is 17.5 Å². The van der Waals surface area contributed by atoms with Crippen LogP contribution < -0.4 is 0 Å². The molecule has 2 rings (SSSR count). The number of hydrogen-bond acceptors (Lipinski definition) is 2. The van der Waals surface area contributed by atoms with Crippen molar-refractivity contribution in [2.24, 2.45) is 0 Å². The van der Waals surface area contributed by atoms with Gasteiger partial charge in [-0.15, -0.1) is 0 Å². The first kappa shape index (κ1) is 16.8. The average Bonchev–Trinajstić information content (AvgIpc) is 2.57. The Morgan fingerprint density at radius 1 is 0.857 bits per heavy atom. The Hall–Kier alpha value is -2.22. The Kier molecular flexibility index (Phi) is 8.46. The molecule has 0 spiro atoms. The van der Waals surface area contributed by atoms with Gasteiger partial charge in [0.25, 0.3) is 0 Å². The van der Waals surface area contributed by atoms with Crippen molar-refractivity contribution in [3.8, 4) is 0 Å². The smallest absolute Gasteiger partial charge is 0.193 e. The topological polar surface area (TPSA) is 34.1 Å². The number of unbranched alkanes of at least 4 members (excludes halogenated alkanes) is 3. The summed E-state index contributed by atoms with van der Waals surface area (Å²) in [6.07, 6.45) is 5.19. The van der Waals surface area contributed by atoms with Gasteiger partial charge in [-0.2, -0.15) is 0 Å². The third-order valence-corrected chi connectivity index (χ3v) is 3.00. The van der Waals surface area contributed by atoms with Crippen LogP contribution in [0.3, 0.4) is 0 Å². The van der Waals surface area contributed by atoms with Crippen molar-refractivity contribution in [2.75, 3.05) is 0 Å². The summed E-state index contributed by atoms with van der Waals surface area (Å²) >= 11 is 0. The second-order valence-corrected chi connectivity index (χ2v) is 4.72. The molecule has 0 radical (unpaired) electrons. The number of carbonyl (C=O) groups is 2. The Morgan fingerprint density at radius 3 is 1.71 bits per heavy atom. The average molecular weight is 282 g/mol. The first-order chi connectivity index (χ1) is 10.3. The number of rotatable bonds is 6. The quantitative estimate of drug-likeness (QED) is 0.438. The van der Waals surface area contributed by atoms with Crippen LogP contribution in [0.4, 0.5) is 0 Å². The van der Waals surface area contributed by atoms with Crippen LogP contribution in [-0.4, -0.2) is 12.1 Å². The van der Waals surface area contributed by atoms with Gasteiger partial charge >= 0.3 is 0 Å². The summed E-state index contributed by atoms with van der Waals surface area (Å²) in [5.74, 6) is 0.0752. The fraction of sp³-hybridized carbons (Fsp3) is 0.263. The predicted octanol–water partition coefficient (Wildman–Crippen LogP) is 4.68. The van der Waals surface area contributed by atoms with Crippen molar-refractivity contribution < 1.29 is 9.59 Å². The summed E-state index contributed by atoms with van der Waals surface area (Å²) < 4.78 is 0. The second-order valence-electron chi connectivity index (χ2n) is 4.72. The summed E-state index contributed by atoms with van der Waals surface area (Å²) in [6.45, 7) is 2.13. The molecule has 0 aromatic heterocycles. The number of ketones is 1. The van der Waals surface area contributed by atoms with Gasteiger partial charge in [-0.3, -0.25) is 4.79 Å². The zero-order valence-corrected chi connectivity index (χ0v) is 12.5. The highest BCUT2D eigenvalue weighted by Gasteiger charge is 2.06. The van der Waals surface area contributed by atoms with Gasteiger partial charge in [0.2, 0.25) is 0 Å². The molecule has 0 N–H and O–H groups in total. The normalized spacial score (nSPS) is 9.38. The van der Waals surface area contributed by atoms with E-state index in [1.165, 1.54) is 12.8 Å². The van der Waals surface area contributed by atoms with Gasteiger partial charge in [0.15, 0.2) is 5.78 Å². The van der Waals surface area contributed by atoms with E-state index in [-0.39, 0.29) is 5.78 Å². The van der Waals surface area contributed by atoms with E-state index in [9.17, 15) is 9.59 Å². The molecule has 2 aromatic carbocycles. The van der Waals surface area contributed by atoms with Gasteiger partial charge < -0.3 is 4.79 Å². The number of aldehydes is 1. The molecular formula is C19H22O2. The summed E-state index contributed by atoms with van der Waals surface area (Å²) in [5, 5.41) is 0. The molecule has 0 heterocycles. The number of carbonyl (C=O) groups excluding carboxylic acids is 2. The van der Waals surface area contributed by atoms with E-state index in [2.05, 4.69) is 6.92 Å². The highest BCUT2D eigenvalue weighted by atomic mass is 16.1. The standard InChI is InChI=1S/C13H10O.C6H12O/c14-13(11-7-3-1-4-8-11)12-9-5-2-6-10-12;1-2-3-4-5-6-7/h1-10H;6H,2-5H2,1H3. The molecule has 21 heavy (non-hydrogen) atoms. The van der Waals surface area contributed by atoms with Crippen molar-refractivity contribution in [3.63, 3.8) is 0 Å². The van der Waals surface area contributed by atoms with Crippen LogP contribution >= 0.6 is 0 Å². The van der Waals surface area contributed by atoms with E-state index in [1.54, 1.807) is 0 Å². The molecule has 0 amide bonds. The highest BCUT2D eigenvalue weighted by Crippen LogP contribution is 2.08. The maximum absolute atomic E-state index is 11.8. The zero-order valence-electron chi connectivity index (χ0n) is 12.5. The van der Waals surface area contributed by atoms with Crippen molar-refractivity contribution in [3.05, 3.63) is 71.8 Å². The van der Waals surface area contributed by atoms with Crippen molar-refractivity contribution in [1.82, 2.24) is 0 Å². The van der Waals surface area contributed by atoms with E-state index in [4.69, 9.17) is 0 Å². The van der Waals surface area contributed by atoms with E-state index < -0.39 is 0 Å². The maximum Gasteiger partial charge on any atom is 0.193 e. The lowest BCUT2D eigenvalue weighted by atomic mass is 10.0. The lowest BCUT2D eigenvalue weighted by Gasteiger charge is -1.99. The van der Waals surface area contributed by atoms with Crippen LogP contribution in [-0.2, 0) is 4.79 Å². The van der Waals surface area contributed by atoms with Gasteiger partial charge in [-0.25, -0.2) is 0 Å². The minimum atomic E-state index is 0.0752. The zero-order chi connectivity index (χ0) is 15.3. The number of hydrogen-bond donors (Lipinski definition) is 0. The molecule has 0 unspecified atom stereocenters. The maximum atomic E-state index is 11.8. The van der Waals surface area contributed by atoms with Crippen molar-refractivity contribution in [1.29, 1.82) is 0 Å². The fourth-order valence-electron chi connectivity index (χ4n) is 1.82. The minimum absolute atomic E-state index is 0.0752. The molecule has 0 fully saturated rings. The SMILES string of the molecule is CCCCCC=O.O=C(c1ccccc1)c1ccccc1. The van der Waals surface area contributed by atoms with Crippen LogP contribution in [0.1, 0.15) is 48.5 Å². The largest absolute Gasteiger partial charge is 0.303 e. The van der Waals surface area contributed by atoms with E-state index >= 15 is 0 Å². The van der Waals surface area contributed by atoms with Gasteiger partial charge in [0.1, 0.15) is 6.29 Å². The molecule has 0 aliphatic rings. The third-order valence-electron chi connectivity index (χ3n) is 3.00. The molecule has 110 valence electrons. The summed E-state index contributed by atoms with van der Waals surface area (Å²) in [4.78, 5) is 21.5. The molecule has 0 aliphatic heterocycles. The molecule has 0 atom stereocenters. The Bertz CT molecular complexity index is 476. The first-order valence-corrected chi connectivity index (χ1v) is 7.38. The minimum Gasteiger partial charge on any atom is -0.303 e. The van der Waals surface area contributed by atoms with Crippen LogP contribution in [0.15, 0.2) is 60.7 Å². The van der Waals surface area contributed by atoms with E-state index in [1.807, 2.05) is 60.7 Å². The van der Waals surface area contributed by atoms with Crippen LogP contribution in [0.25, 0.3) is 0 Å². The van der Waals surface area contributed by atoms with Gasteiger partial charge in [-0.05, 0) is 6.42 Å². The first-order valence-electron chi connectivity index (χ1n) is 7.38. The molecular weight excluding hydrogens is 260 g/mol. The number of benzene rings is 2. The highest BCUT2D eigenvalue weighted by molar-refractivity contribution is 6.08. The van der Waals surface area contributed by atoms with Crippen LogP contribution in [0.5, 0.6) is 0 Å². The Morgan fingerprint density at radius 2 is 1.33 bits per heavy atom. The lowest BCUT2D eigenvalue weighted by molar-refractivity contribution is -0.107. The van der Waals surface area contributed by atoms with Crippen LogP contribution in [0, 0.1) is 0 Å². The second kappa shape index (κ2) is 10.6. The van der Waals surface area contributed by atoms with E-state index in [0.29, 0.717) is 0 Å². The Balaban J connectivity index is 0.000000270. The van der Waals surface area contributed by atoms with Crippen molar-refractivity contribution in [2.45, 2.75) is 32.6 Å². The molecule has 2 heteroatoms. The summed E-state index contributed by atoms with van der Waals surface area (Å²) in [6, 6.07) is 18.6. The molecule has 0 saturated carbocycles. The lowest BCUT2D eigenvalue weighted by Crippen LogP contribution is -1.99. The molecule has 0 aliphatic carbocycles. The van der Waals surface area contributed by atoms with Gasteiger partial charge in [-0.1, -0.05) is 80.4 Å². The molecule has 0 bridgehead atoms. The Labute approximate surface area is 126 Å². The summed E-state index contributed by atoms with van der Waals surface area (Å²) in [7, 11) is 0. The van der Waals surface area contributed by atoms with Crippen molar-refractivity contribution >= 4 is 12.1 Å². The molecule has 2 nitrogen and oxygen atoms in total.